The van der Waals surface area contributed by atoms with Gasteiger partial charge in [0.1, 0.15) is 0 Å². The molecule has 0 spiro atoms. The molecule has 0 saturated carbocycles. The Bertz CT molecular complexity index is 695. The summed E-state index contributed by atoms with van der Waals surface area (Å²) in [5.41, 5.74) is 0. The molecule has 3 rings (SSSR count). The summed E-state index contributed by atoms with van der Waals surface area (Å²) in [7, 11) is 1.85. The molecule has 1 aliphatic heterocycles. The molecule has 1 unspecified atom stereocenters. The maximum Gasteiger partial charge on any atom is 0.191 e. The minimum absolute atomic E-state index is 0.684. The van der Waals surface area contributed by atoms with Gasteiger partial charge in [0.2, 0.25) is 0 Å². The molecule has 0 bridgehead atoms. The van der Waals surface area contributed by atoms with Crippen LogP contribution in [0.3, 0.4) is 0 Å². The van der Waals surface area contributed by atoms with E-state index < -0.39 is 0 Å². The van der Waals surface area contributed by atoms with E-state index in [1.807, 2.05) is 35.9 Å². The fourth-order valence-electron chi connectivity index (χ4n) is 3.46. The molecule has 0 radical (unpaired) electrons. The average Bonchev–Trinajstić information content (AvgIpc) is 3.36. The van der Waals surface area contributed by atoms with Crippen molar-refractivity contribution >= 4 is 28.6 Å². The van der Waals surface area contributed by atoms with Crippen LogP contribution in [0, 0.1) is 5.92 Å². The number of hydrogen-bond acceptors (Lipinski definition) is 5. The summed E-state index contributed by atoms with van der Waals surface area (Å²) in [4.78, 5) is 14.3. The number of likely N-dealkylation sites (tertiary alicyclic amines) is 1. The first-order valence-electron chi connectivity index (χ1n) is 9.89. The molecule has 2 aromatic rings. The number of thiophene rings is 1. The Labute approximate surface area is 170 Å². The Hall–Kier alpha value is -1.44. The number of aryl methyl sites for hydroxylation is 1. The first kappa shape index (κ1) is 20.3. The first-order chi connectivity index (χ1) is 13.3. The molecule has 7 heteroatoms. The highest BCUT2D eigenvalue weighted by atomic mass is 32.1. The van der Waals surface area contributed by atoms with Crippen LogP contribution < -0.4 is 10.6 Å². The highest BCUT2D eigenvalue weighted by Crippen LogP contribution is 2.20. The van der Waals surface area contributed by atoms with Gasteiger partial charge in [-0.3, -0.25) is 9.89 Å². The van der Waals surface area contributed by atoms with Gasteiger partial charge in [0, 0.05) is 55.6 Å². The van der Waals surface area contributed by atoms with Crippen LogP contribution in [-0.4, -0.2) is 49.1 Å². The quantitative estimate of drug-likeness (QED) is 0.522. The van der Waals surface area contributed by atoms with Crippen molar-refractivity contribution in [1.29, 1.82) is 0 Å². The van der Waals surface area contributed by atoms with E-state index in [0.717, 1.165) is 38.4 Å². The molecule has 1 atom stereocenters. The Morgan fingerprint density at radius 3 is 3.04 bits per heavy atom. The maximum atomic E-state index is 4.48. The molecule has 0 aromatic carbocycles. The molecule has 1 fully saturated rings. The molecule has 2 N–H and O–H groups in total. The smallest absolute Gasteiger partial charge is 0.191 e. The van der Waals surface area contributed by atoms with Crippen LogP contribution in [0.1, 0.15) is 34.5 Å². The third-order valence-electron chi connectivity index (χ3n) is 4.93. The lowest BCUT2D eigenvalue weighted by Gasteiger charge is -2.32. The van der Waals surface area contributed by atoms with Gasteiger partial charge in [-0.15, -0.1) is 22.7 Å². The van der Waals surface area contributed by atoms with Gasteiger partial charge in [-0.2, -0.15) is 0 Å². The molecule has 148 valence electrons. The van der Waals surface area contributed by atoms with Crippen molar-refractivity contribution in [3.63, 3.8) is 0 Å². The number of aliphatic imine (C=N–C) groups is 1. The van der Waals surface area contributed by atoms with Gasteiger partial charge in [0.05, 0.1) is 5.01 Å². The van der Waals surface area contributed by atoms with Crippen molar-refractivity contribution < 1.29 is 0 Å². The Kier molecular flexibility index (Phi) is 8.10. The van der Waals surface area contributed by atoms with Gasteiger partial charge in [-0.1, -0.05) is 13.0 Å². The lowest BCUT2D eigenvalue weighted by atomic mass is 9.98. The number of guanidine groups is 1. The van der Waals surface area contributed by atoms with Gasteiger partial charge in [0.25, 0.3) is 0 Å². The molecule has 1 saturated heterocycles. The zero-order valence-corrected chi connectivity index (χ0v) is 18.0. The second-order valence-electron chi connectivity index (χ2n) is 7.03. The number of nitrogens with one attached hydrogen (secondary N) is 2. The van der Waals surface area contributed by atoms with Crippen LogP contribution in [-0.2, 0) is 19.4 Å². The summed E-state index contributed by atoms with van der Waals surface area (Å²) in [5, 5.41) is 10.3. The normalized spacial score (nSPS) is 18.6. The molecule has 5 nitrogen and oxygen atoms in total. The minimum Gasteiger partial charge on any atom is -0.356 e. The number of thiazole rings is 1. The van der Waals surface area contributed by atoms with E-state index in [0.29, 0.717) is 5.92 Å². The summed E-state index contributed by atoms with van der Waals surface area (Å²) < 4.78 is 0. The monoisotopic (exact) mass is 405 g/mol. The number of aromatic nitrogens is 1. The van der Waals surface area contributed by atoms with E-state index >= 15 is 0 Å². The van der Waals surface area contributed by atoms with E-state index in [-0.39, 0.29) is 0 Å². The zero-order chi connectivity index (χ0) is 18.9. The molecular formula is C20H31N5S2. The van der Waals surface area contributed by atoms with Crippen molar-refractivity contribution in [1.82, 2.24) is 20.5 Å². The topological polar surface area (TPSA) is 52.6 Å². The fourth-order valence-corrected chi connectivity index (χ4v) is 5.07. The van der Waals surface area contributed by atoms with Crippen molar-refractivity contribution in [3.05, 3.63) is 38.5 Å². The standard InChI is InChI=1S/C20H31N5S2/c1-3-17-13-23-19(27-17)8-9-22-20(21-2)24-12-16-6-4-10-25(14-16)15-18-7-5-11-26-18/h5,7,11,13,16H,3-4,6,8-10,12,14-15H2,1-2H3,(H2,21,22,24). The van der Waals surface area contributed by atoms with Crippen LogP contribution >= 0.6 is 22.7 Å². The summed E-state index contributed by atoms with van der Waals surface area (Å²) in [6.07, 6.45) is 6.60. The predicted molar refractivity (Wildman–Crippen MR) is 117 cm³/mol. The van der Waals surface area contributed by atoms with Gasteiger partial charge in [-0.25, -0.2) is 4.98 Å². The molecule has 2 aromatic heterocycles. The molecular weight excluding hydrogens is 374 g/mol. The number of piperidine rings is 1. The average molecular weight is 406 g/mol. The fraction of sp³-hybridized carbons (Fsp3) is 0.600. The van der Waals surface area contributed by atoms with E-state index in [1.165, 1.54) is 40.7 Å². The highest BCUT2D eigenvalue weighted by Gasteiger charge is 2.20. The number of hydrogen-bond donors (Lipinski definition) is 2. The lowest BCUT2D eigenvalue weighted by molar-refractivity contribution is 0.169. The minimum atomic E-state index is 0.684. The molecule has 0 amide bonds. The van der Waals surface area contributed by atoms with Crippen molar-refractivity contribution in [2.45, 2.75) is 39.2 Å². The number of nitrogens with zero attached hydrogens (tertiary/aromatic N) is 3. The van der Waals surface area contributed by atoms with Crippen LogP contribution in [0.5, 0.6) is 0 Å². The lowest BCUT2D eigenvalue weighted by Crippen LogP contribution is -2.44. The molecule has 27 heavy (non-hydrogen) atoms. The predicted octanol–water partition coefficient (Wildman–Crippen LogP) is 3.39. The van der Waals surface area contributed by atoms with E-state index in [2.05, 4.69) is 49.9 Å². The molecule has 0 aliphatic carbocycles. The first-order valence-corrected chi connectivity index (χ1v) is 11.6. The van der Waals surface area contributed by atoms with Crippen molar-refractivity contribution in [2.24, 2.45) is 10.9 Å². The second kappa shape index (κ2) is 10.8. The van der Waals surface area contributed by atoms with E-state index in [9.17, 15) is 0 Å². The summed E-state index contributed by atoms with van der Waals surface area (Å²) in [5.74, 6) is 1.58. The SMILES string of the molecule is CCc1cnc(CCNC(=NC)NCC2CCCN(Cc3cccs3)C2)s1. The van der Waals surface area contributed by atoms with Crippen LogP contribution in [0.4, 0.5) is 0 Å². The summed E-state index contributed by atoms with van der Waals surface area (Å²) in [6, 6.07) is 4.39. The Balaban J connectivity index is 1.36. The van der Waals surface area contributed by atoms with Gasteiger partial charge in [-0.05, 0) is 43.2 Å². The second-order valence-corrected chi connectivity index (χ2v) is 9.26. The Morgan fingerprint density at radius 2 is 2.30 bits per heavy atom. The third kappa shape index (κ3) is 6.59. The summed E-state index contributed by atoms with van der Waals surface area (Å²) >= 11 is 3.67. The van der Waals surface area contributed by atoms with E-state index in [1.54, 1.807) is 0 Å². The van der Waals surface area contributed by atoms with E-state index in [4.69, 9.17) is 0 Å². The van der Waals surface area contributed by atoms with Gasteiger partial charge >= 0.3 is 0 Å². The largest absolute Gasteiger partial charge is 0.356 e. The summed E-state index contributed by atoms with van der Waals surface area (Å²) in [6.45, 7) is 7.50. The van der Waals surface area contributed by atoms with Gasteiger partial charge < -0.3 is 10.6 Å². The van der Waals surface area contributed by atoms with Crippen LogP contribution in [0.25, 0.3) is 0 Å². The van der Waals surface area contributed by atoms with Crippen LogP contribution in [0.2, 0.25) is 0 Å². The highest BCUT2D eigenvalue weighted by molar-refractivity contribution is 7.11. The molecule has 1 aliphatic rings. The third-order valence-corrected chi connectivity index (χ3v) is 6.99. The Morgan fingerprint density at radius 1 is 1.37 bits per heavy atom. The van der Waals surface area contributed by atoms with Crippen LogP contribution in [0.15, 0.2) is 28.7 Å². The maximum absolute atomic E-state index is 4.48. The van der Waals surface area contributed by atoms with Crippen molar-refractivity contribution in [2.75, 3.05) is 33.2 Å². The molecule has 3 heterocycles. The number of rotatable bonds is 8. The van der Waals surface area contributed by atoms with Gasteiger partial charge in [0.15, 0.2) is 5.96 Å². The van der Waals surface area contributed by atoms with Crippen molar-refractivity contribution in [3.8, 4) is 0 Å². The zero-order valence-electron chi connectivity index (χ0n) is 16.4.